The van der Waals surface area contributed by atoms with Gasteiger partial charge in [-0.2, -0.15) is 0 Å². The van der Waals surface area contributed by atoms with Gasteiger partial charge in [-0.05, 0) is 24.7 Å². The van der Waals surface area contributed by atoms with Crippen LogP contribution in [0.3, 0.4) is 0 Å². The third kappa shape index (κ3) is 5.94. The van der Waals surface area contributed by atoms with Crippen molar-refractivity contribution >= 4 is 11.9 Å². The van der Waals surface area contributed by atoms with Gasteiger partial charge in [0.25, 0.3) is 0 Å². The molecule has 0 atom stereocenters. The van der Waals surface area contributed by atoms with Crippen LogP contribution in [0, 0.1) is 11.3 Å². The molecule has 5 heteroatoms. The van der Waals surface area contributed by atoms with Crippen molar-refractivity contribution in [1.82, 2.24) is 16.0 Å². The molecular weight excluding hydrogens is 264 g/mol. The quantitative estimate of drug-likeness (QED) is 0.382. The third-order valence-corrected chi connectivity index (χ3v) is 4.51. The van der Waals surface area contributed by atoms with E-state index in [0.717, 1.165) is 12.5 Å². The summed E-state index contributed by atoms with van der Waals surface area (Å²) in [7, 11) is 1.79. The van der Waals surface area contributed by atoms with Crippen molar-refractivity contribution in [1.29, 1.82) is 0 Å². The van der Waals surface area contributed by atoms with Crippen LogP contribution < -0.4 is 16.0 Å². The van der Waals surface area contributed by atoms with Gasteiger partial charge in [0.1, 0.15) is 0 Å². The lowest BCUT2D eigenvalue weighted by molar-refractivity contribution is -0.123. The van der Waals surface area contributed by atoms with Gasteiger partial charge in [-0.3, -0.25) is 9.79 Å². The molecular formula is C16H32N4O. The summed E-state index contributed by atoms with van der Waals surface area (Å²) in [6.07, 6.45) is 6.56. The van der Waals surface area contributed by atoms with Crippen molar-refractivity contribution in [2.45, 2.75) is 52.9 Å². The van der Waals surface area contributed by atoms with Crippen LogP contribution in [0.15, 0.2) is 4.99 Å². The average molecular weight is 296 g/mol. The molecule has 0 unspecified atom stereocenters. The topological polar surface area (TPSA) is 65.5 Å². The molecule has 1 aliphatic rings. The van der Waals surface area contributed by atoms with Gasteiger partial charge in [0.15, 0.2) is 5.96 Å². The van der Waals surface area contributed by atoms with Gasteiger partial charge in [-0.15, -0.1) is 0 Å². The fourth-order valence-electron chi connectivity index (χ4n) is 2.84. The van der Waals surface area contributed by atoms with Crippen LogP contribution in [-0.4, -0.2) is 38.5 Å². The van der Waals surface area contributed by atoms with E-state index in [9.17, 15) is 4.79 Å². The number of hydrogen-bond donors (Lipinski definition) is 3. The lowest BCUT2D eigenvalue weighted by Crippen LogP contribution is -2.45. The van der Waals surface area contributed by atoms with E-state index in [1.165, 1.54) is 32.1 Å². The van der Waals surface area contributed by atoms with Crippen LogP contribution >= 0.6 is 0 Å². The fraction of sp³-hybridized carbons (Fsp3) is 0.875. The maximum Gasteiger partial charge on any atom is 0.222 e. The minimum absolute atomic E-state index is 0.0363. The summed E-state index contributed by atoms with van der Waals surface area (Å²) in [5, 5.41) is 9.59. The first kappa shape index (κ1) is 17.8. The molecule has 0 bridgehead atoms. The van der Waals surface area contributed by atoms with E-state index in [2.05, 4.69) is 27.9 Å². The van der Waals surface area contributed by atoms with Crippen LogP contribution in [-0.2, 0) is 4.79 Å². The molecule has 1 aliphatic carbocycles. The molecule has 0 aromatic carbocycles. The van der Waals surface area contributed by atoms with Crippen LogP contribution in [0.5, 0.6) is 0 Å². The van der Waals surface area contributed by atoms with E-state index in [0.29, 0.717) is 18.5 Å². The molecule has 5 nitrogen and oxygen atoms in total. The molecule has 1 amide bonds. The number of rotatable bonds is 7. The normalized spacial score (nSPS) is 17.9. The number of guanidine groups is 1. The molecule has 1 rings (SSSR count). The summed E-state index contributed by atoms with van der Waals surface area (Å²) in [5.74, 6) is 0.957. The largest absolute Gasteiger partial charge is 0.356 e. The van der Waals surface area contributed by atoms with Crippen LogP contribution in [0.4, 0.5) is 0 Å². The van der Waals surface area contributed by atoms with Crippen molar-refractivity contribution < 1.29 is 4.79 Å². The first-order valence-electron chi connectivity index (χ1n) is 8.25. The Balaban J connectivity index is 2.25. The Hall–Kier alpha value is -1.26. The Morgan fingerprint density at radius 3 is 2.29 bits per heavy atom. The molecule has 0 aromatic rings. The summed E-state index contributed by atoms with van der Waals surface area (Å²) in [5.41, 5.74) is 0.448. The summed E-state index contributed by atoms with van der Waals surface area (Å²) in [4.78, 5) is 15.7. The van der Waals surface area contributed by atoms with Crippen molar-refractivity contribution in [3.63, 3.8) is 0 Å². The third-order valence-electron chi connectivity index (χ3n) is 4.51. The Bertz CT molecular complexity index is 346. The second-order valence-electron chi connectivity index (χ2n) is 6.36. The molecule has 122 valence electrons. The molecule has 0 radical (unpaired) electrons. The molecule has 21 heavy (non-hydrogen) atoms. The van der Waals surface area contributed by atoms with E-state index < -0.39 is 0 Å². The van der Waals surface area contributed by atoms with E-state index >= 15 is 0 Å². The number of amides is 1. The molecule has 0 aromatic heterocycles. The molecule has 3 N–H and O–H groups in total. The lowest BCUT2D eigenvalue weighted by Gasteiger charge is -2.28. The number of hydrogen-bond acceptors (Lipinski definition) is 2. The minimum atomic E-state index is 0.0363. The van der Waals surface area contributed by atoms with Gasteiger partial charge in [-0.1, -0.05) is 33.6 Å². The predicted molar refractivity (Wildman–Crippen MR) is 88.4 cm³/mol. The number of aliphatic imine (C=N–C) groups is 1. The Morgan fingerprint density at radius 2 is 1.76 bits per heavy atom. The minimum Gasteiger partial charge on any atom is -0.356 e. The maximum absolute atomic E-state index is 11.5. The van der Waals surface area contributed by atoms with Crippen LogP contribution in [0.1, 0.15) is 52.9 Å². The van der Waals surface area contributed by atoms with Gasteiger partial charge in [0.2, 0.25) is 5.91 Å². The Kier molecular flexibility index (Phi) is 7.54. The molecule has 0 saturated heterocycles. The van der Waals surface area contributed by atoms with Crippen molar-refractivity contribution in [2.24, 2.45) is 16.3 Å². The zero-order chi connectivity index (χ0) is 15.7. The highest BCUT2D eigenvalue weighted by molar-refractivity contribution is 5.80. The molecule has 0 aliphatic heterocycles. The second-order valence-corrected chi connectivity index (χ2v) is 6.36. The molecule has 0 heterocycles. The first-order valence-corrected chi connectivity index (χ1v) is 8.25. The summed E-state index contributed by atoms with van der Waals surface area (Å²) in [6.45, 7) is 8.38. The first-order chi connectivity index (χ1) is 10.0. The van der Waals surface area contributed by atoms with Gasteiger partial charge in [0, 0.05) is 32.6 Å². The average Bonchev–Trinajstić information content (AvgIpc) is 2.95. The maximum atomic E-state index is 11.5. The van der Waals surface area contributed by atoms with Crippen LogP contribution in [0.25, 0.3) is 0 Å². The van der Waals surface area contributed by atoms with E-state index in [-0.39, 0.29) is 11.8 Å². The van der Waals surface area contributed by atoms with Crippen LogP contribution in [0.2, 0.25) is 0 Å². The van der Waals surface area contributed by atoms with Gasteiger partial charge >= 0.3 is 0 Å². The Labute approximate surface area is 129 Å². The van der Waals surface area contributed by atoms with Gasteiger partial charge in [-0.25, -0.2) is 0 Å². The second kappa shape index (κ2) is 8.90. The van der Waals surface area contributed by atoms with Crippen molar-refractivity contribution in [3.05, 3.63) is 0 Å². The van der Waals surface area contributed by atoms with Crippen molar-refractivity contribution in [2.75, 3.05) is 26.7 Å². The summed E-state index contributed by atoms with van der Waals surface area (Å²) < 4.78 is 0. The standard InChI is InChI=1S/C16H32N4O/c1-5-16(8-6-7-9-16)12-20-15(17-4)19-11-10-18-14(21)13(2)3/h13H,5-12H2,1-4H3,(H,18,21)(H2,17,19,20). The number of nitrogens with zero attached hydrogens (tertiary/aromatic N) is 1. The number of nitrogens with one attached hydrogen (secondary N) is 3. The Morgan fingerprint density at radius 1 is 1.14 bits per heavy atom. The summed E-state index contributed by atoms with van der Waals surface area (Å²) in [6, 6.07) is 0. The van der Waals surface area contributed by atoms with Gasteiger partial charge < -0.3 is 16.0 Å². The monoisotopic (exact) mass is 296 g/mol. The zero-order valence-electron chi connectivity index (χ0n) is 14.1. The SMILES string of the molecule is CCC1(CNC(=NC)NCCNC(=O)C(C)C)CCCC1. The van der Waals surface area contributed by atoms with Gasteiger partial charge in [0.05, 0.1) is 0 Å². The fourth-order valence-corrected chi connectivity index (χ4v) is 2.84. The highest BCUT2D eigenvalue weighted by atomic mass is 16.1. The number of carbonyl (C=O) groups is 1. The highest BCUT2D eigenvalue weighted by Gasteiger charge is 2.31. The predicted octanol–water partition coefficient (Wildman–Crippen LogP) is 1.89. The smallest absolute Gasteiger partial charge is 0.222 e. The van der Waals surface area contributed by atoms with Crippen molar-refractivity contribution in [3.8, 4) is 0 Å². The van der Waals surface area contributed by atoms with E-state index in [1.807, 2.05) is 13.8 Å². The highest BCUT2D eigenvalue weighted by Crippen LogP contribution is 2.40. The molecule has 1 fully saturated rings. The lowest BCUT2D eigenvalue weighted by atomic mass is 9.83. The van der Waals surface area contributed by atoms with E-state index in [1.54, 1.807) is 7.05 Å². The van der Waals surface area contributed by atoms with E-state index in [4.69, 9.17) is 0 Å². The zero-order valence-corrected chi connectivity index (χ0v) is 14.1. The number of carbonyl (C=O) groups excluding carboxylic acids is 1. The molecule has 0 spiro atoms. The summed E-state index contributed by atoms with van der Waals surface area (Å²) >= 11 is 0. The molecule has 1 saturated carbocycles.